The molecule has 112 valence electrons. The first-order valence-electron chi connectivity index (χ1n) is 7.70. The van der Waals surface area contributed by atoms with Crippen LogP contribution in [-0.4, -0.2) is 21.5 Å². The number of aromatic nitrogens is 3. The zero-order chi connectivity index (χ0) is 15.1. The van der Waals surface area contributed by atoms with Crippen LogP contribution in [-0.2, 0) is 12.8 Å². The van der Waals surface area contributed by atoms with Gasteiger partial charge in [0.2, 0.25) is 0 Å². The van der Waals surface area contributed by atoms with E-state index in [4.69, 9.17) is 4.98 Å². The average Bonchev–Trinajstić information content (AvgIpc) is 2.92. The number of hydrogen-bond acceptors (Lipinski definition) is 5. The SMILES string of the molecule is C=CCNc1ncnc2c1sc1nc(C)c3c(c12)CCCC3. The molecule has 5 heteroatoms. The molecule has 1 aliphatic carbocycles. The van der Waals surface area contributed by atoms with Crippen molar-refractivity contribution in [2.75, 3.05) is 11.9 Å². The van der Waals surface area contributed by atoms with E-state index < -0.39 is 0 Å². The molecule has 3 aromatic rings. The molecule has 4 nitrogen and oxygen atoms in total. The highest BCUT2D eigenvalue weighted by Crippen LogP contribution is 2.40. The first-order valence-corrected chi connectivity index (χ1v) is 8.51. The number of nitrogens with one attached hydrogen (secondary N) is 1. The number of pyridine rings is 1. The van der Waals surface area contributed by atoms with Gasteiger partial charge >= 0.3 is 0 Å². The molecule has 0 saturated heterocycles. The third-order valence-electron chi connectivity index (χ3n) is 4.34. The number of aryl methyl sites for hydroxylation is 2. The van der Waals surface area contributed by atoms with Gasteiger partial charge in [0.15, 0.2) is 0 Å². The number of hydrogen-bond donors (Lipinski definition) is 1. The molecule has 0 fully saturated rings. The van der Waals surface area contributed by atoms with Gasteiger partial charge in [-0.2, -0.15) is 0 Å². The molecule has 0 aromatic carbocycles. The van der Waals surface area contributed by atoms with Crippen molar-refractivity contribution in [3.05, 3.63) is 35.8 Å². The average molecular weight is 310 g/mol. The lowest BCUT2D eigenvalue weighted by atomic mass is 9.89. The quantitative estimate of drug-likeness (QED) is 0.742. The van der Waals surface area contributed by atoms with Crippen LogP contribution >= 0.6 is 11.3 Å². The minimum atomic E-state index is 0.699. The van der Waals surface area contributed by atoms with Crippen LogP contribution in [0.4, 0.5) is 5.82 Å². The smallest absolute Gasteiger partial charge is 0.147 e. The van der Waals surface area contributed by atoms with E-state index in [-0.39, 0.29) is 0 Å². The summed E-state index contributed by atoms with van der Waals surface area (Å²) < 4.78 is 1.10. The number of anilines is 1. The molecule has 0 bridgehead atoms. The summed E-state index contributed by atoms with van der Waals surface area (Å²) in [6, 6.07) is 0. The topological polar surface area (TPSA) is 50.7 Å². The first kappa shape index (κ1) is 13.6. The highest BCUT2D eigenvalue weighted by atomic mass is 32.1. The summed E-state index contributed by atoms with van der Waals surface area (Å²) in [5.41, 5.74) is 5.14. The highest BCUT2D eigenvalue weighted by Gasteiger charge is 2.21. The molecule has 0 unspecified atom stereocenters. The molecule has 1 N–H and O–H groups in total. The third-order valence-corrected chi connectivity index (χ3v) is 5.42. The molecular formula is C17H18N4S. The Morgan fingerprint density at radius 3 is 2.91 bits per heavy atom. The van der Waals surface area contributed by atoms with Crippen LogP contribution in [0.15, 0.2) is 19.0 Å². The predicted molar refractivity (Wildman–Crippen MR) is 92.8 cm³/mol. The summed E-state index contributed by atoms with van der Waals surface area (Å²) in [5, 5.41) is 4.56. The van der Waals surface area contributed by atoms with Crippen LogP contribution < -0.4 is 5.32 Å². The summed E-state index contributed by atoms with van der Waals surface area (Å²) in [7, 11) is 0. The van der Waals surface area contributed by atoms with Gasteiger partial charge in [0.25, 0.3) is 0 Å². The fourth-order valence-electron chi connectivity index (χ4n) is 3.34. The number of fused-ring (bicyclic) bond motifs is 5. The van der Waals surface area contributed by atoms with E-state index in [9.17, 15) is 0 Å². The van der Waals surface area contributed by atoms with Crippen molar-refractivity contribution in [3.8, 4) is 0 Å². The molecule has 0 atom stereocenters. The Morgan fingerprint density at radius 1 is 1.27 bits per heavy atom. The molecule has 3 heterocycles. The summed E-state index contributed by atoms with van der Waals surface area (Å²) in [6.07, 6.45) is 8.30. The van der Waals surface area contributed by atoms with E-state index in [2.05, 4.69) is 28.8 Å². The minimum absolute atomic E-state index is 0.699. The monoisotopic (exact) mass is 310 g/mol. The van der Waals surface area contributed by atoms with Gasteiger partial charge in [-0.05, 0) is 43.7 Å². The van der Waals surface area contributed by atoms with Gasteiger partial charge < -0.3 is 5.32 Å². The molecular weight excluding hydrogens is 292 g/mol. The van der Waals surface area contributed by atoms with Crippen LogP contribution in [0, 0.1) is 6.92 Å². The maximum absolute atomic E-state index is 4.85. The van der Waals surface area contributed by atoms with Gasteiger partial charge in [-0.3, -0.25) is 0 Å². The Morgan fingerprint density at radius 2 is 2.09 bits per heavy atom. The normalized spacial score (nSPS) is 14.2. The fourth-order valence-corrected chi connectivity index (χ4v) is 4.51. The third kappa shape index (κ3) is 2.00. The summed E-state index contributed by atoms with van der Waals surface area (Å²) >= 11 is 1.69. The molecule has 0 amide bonds. The van der Waals surface area contributed by atoms with E-state index in [1.165, 1.54) is 35.0 Å². The van der Waals surface area contributed by atoms with E-state index >= 15 is 0 Å². The van der Waals surface area contributed by atoms with Gasteiger partial charge in [0, 0.05) is 17.6 Å². The van der Waals surface area contributed by atoms with Crippen molar-refractivity contribution < 1.29 is 0 Å². The van der Waals surface area contributed by atoms with Crippen LogP contribution in [0.25, 0.3) is 20.4 Å². The predicted octanol–water partition coefficient (Wildman–Crippen LogP) is 4.02. The lowest BCUT2D eigenvalue weighted by Crippen LogP contribution is -2.07. The molecule has 4 rings (SSSR count). The highest BCUT2D eigenvalue weighted by molar-refractivity contribution is 7.26. The second-order valence-electron chi connectivity index (χ2n) is 5.71. The standard InChI is InChI=1S/C17H18N4S/c1-3-8-18-16-15-14(19-9-20-16)13-12-7-5-4-6-11(12)10(2)21-17(13)22-15/h3,9H,1,4-8H2,2H3,(H,18,19,20). The Bertz CT molecular complexity index is 881. The molecule has 0 saturated carbocycles. The van der Waals surface area contributed by atoms with Gasteiger partial charge in [0.1, 0.15) is 17.0 Å². The van der Waals surface area contributed by atoms with Crippen LogP contribution in [0.5, 0.6) is 0 Å². The van der Waals surface area contributed by atoms with E-state index in [0.29, 0.717) is 6.54 Å². The van der Waals surface area contributed by atoms with Crippen molar-refractivity contribution in [1.29, 1.82) is 0 Å². The largest absolute Gasteiger partial charge is 0.365 e. The minimum Gasteiger partial charge on any atom is -0.365 e. The zero-order valence-electron chi connectivity index (χ0n) is 12.6. The van der Waals surface area contributed by atoms with E-state index in [1.807, 2.05) is 6.08 Å². The van der Waals surface area contributed by atoms with Crippen LogP contribution in [0.3, 0.4) is 0 Å². The lowest BCUT2D eigenvalue weighted by molar-refractivity contribution is 0.683. The van der Waals surface area contributed by atoms with Crippen molar-refractivity contribution >= 4 is 37.6 Å². The number of thiophene rings is 1. The Kier molecular flexibility index (Phi) is 3.30. The molecule has 1 aliphatic rings. The molecule has 3 aromatic heterocycles. The Balaban J connectivity index is 2.04. The van der Waals surface area contributed by atoms with Gasteiger partial charge in [-0.1, -0.05) is 6.08 Å². The van der Waals surface area contributed by atoms with Crippen LogP contribution in [0.2, 0.25) is 0 Å². The summed E-state index contributed by atoms with van der Waals surface area (Å²) in [4.78, 5) is 14.9. The van der Waals surface area contributed by atoms with Crippen molar-refractivity contribution in [3.63, 3.8) is 0 Å². The number of rotatable bonds is 3. The summed E-state index contributed by atoms with van der Waals surface area (Å²) in [6.45, 7) is 6.59. The van der Waals surface area contributed by atoms with Crippen molar-refractivity contribution in [2.45, 2.75) is 32.6 Å². The van der Waals surface area contributed by atoms with Gasteiger partial charge in [-0.25, -0.2) is 15.0 Å². The van der Waals surface area contributed by atoms with Gasteiger partial charge in [0.05, 0.1) is 10.2 Å². The van der Waals surface area contributed by atoms with E-state index in [1.54, 1.807) is 17.7 Å². The Hall–Kier alpha value is -2.01. The molecule has 22 heavy (non-hydrogen) atoms. The van der Waals surface area contributed by atoms with Crippen molar-refractivity contribution in [2.24, 2.45) is 0 Å². The van der Waals surface area contributed by atoms with Crippen LogP contribution in [0.1, 0.15) is 29.7 Å². The number of nitrogens with zero attached hydrogens (tertiary/aromatic N) is 3. The second kappa shape index (κ2) is 5.32. The van der Waals surface area contributed by atoms with Crippen molar-refractivity contribution in [1.82, 2.24) is 15.0 Å². The lowest BCUT2D eigenvalue weighted by Gasteiger charge is -2.18. The fraction of sp³-hybridized carbons (Fsp3) is 0.353. The second-order valence-corrected chi connectivity index (χ2v) is 6.71. The van der Waals surface area contributed by atoms with Gasteiger partial charge in [-0.15, -0.1) is 17.9 Å². The first-order chi connectivity index (χ1) is 10.8. The Labute approximate surface area is 133 Å². The zero-order valence-corrected chi connectivity index (χ0v) is 13.5. The molecule has 0 aliphatic heterocycles. The molecule has 0 spiro atoms. The molecule has 0 radical (unpaired) electrons. The van der Waals surface area contributed by atoms with E-state index in [0.717, 1.165) is 33.7 Å². The maximum Gasteiger partial charge on any atom is 0.147 e. The summed E-state index contributed by atoms with van der Waals surface area (Å²) in [5.74, 6) is 0.884. The maximum atomic E-state index is 4.85.